The van der Waals surface area contributed by atoms with E-state index in [0.29, 0.717) is 22.7 Å². The van der Waals surface area contributed by atoms with Crippen LogP contribution in [0.4, 0.5) is 0 Å². The Bertz CT molecular complexity index is 1040. The molecule has 1 fully saturated rings. The molecule has 3 atom stereocenters. The Morgan fingerprint density at radius 2 is 2.07 bits per heavy atom. The molecule has 3 unspecified atom stereocenters. The van der Waals surface area contributed by atoms with Crippen molar-refractivity contribution in [3.8, 4) is 17.3 Å². The van der Waals surface area contributed by atoms with Crippen LogP contribution in [0.25, 0.3) is 22.3 Å². The highest BCUT2D eigenvalue weighted by Crippen LogP contribution is 2.37. The molecule has 6 heteroatoms. The third-order valence-electron chi connectivity index (χ3n) is 6.07. The quantitative estimate of drug-likeness (QED) is 0.527. The van der Waals surface area contributed by atoms with E-state index in [1.807, 2.05) is 12.4 Å². The molecule has 144 valence electrons. The lowest BCUT2D eigenvalue weighted by Crippen LogP contribution is -2.16. The molecule has 1 aliphatic rings. The van der Waals surface area contributed by atoms with Gasteiger partial charge in [0.1, 0.15) is 11.8 Å². The molecule has 1 aliphatic carbocycles. The fourth-order valence-corrected chi connectivity index (χ4v) is 4.57. The monoisotopic (exact) mass is 393 g/mol. The van der Waals surface area contributed by atoms with Crippen LogP contribution in [-0.2, 0) is 0 Å². The zero-order chi connectivity index (χ0) is 19.7. The van der Waals surface area contributed by atoms with Crippen molar-refractivity contribution in [1.29, 1.82) is 5.26 Å². The van der Waals surface area contributed by atoms with E-state index in [0.717, 1.165) is 28.2 Å². The third-order valence-corrected chi connectivity index (χ3v) is 6.27. The number of hydrogen-bond donors (Lipinski definition) is 0. The smallest absolute Gasteiger partial charge is 0.143 e. The first-order valence-corrected chi connectivity index (χ1v) is 10.3. The molecule has 28 heavy (non-hydrogen) atoms. The van der Waals surface area contributed by atoms with Crippen LogP contribution in [0.5, 0.6) is 0 Å². The Morgan fingerprint density at radius 1 is 1.21 bits per heavy atom. The molecule has 0 radical (unpaired) electrons. The molecule has 3 aromatic rings. The molecule has 0 bridgehead atoms. The Hall–Kier alpha value is -2.45. The number of aromatic nitrogens is 4. The third kappa shape index (κ3) is 3.62. The highest BCUT2D eigenvalue weighted by Gasteiger charge is 2.25. The minimum Gasteiger partial charge on any atom is -0.326 e. The largest absolute Gasteiger partial charge is 0.326 e. The maximum atomic E-state index is 9.41. The number of nitriles is 1. The van der Waals surface area contributed by atoms with Crippen molar-refractivity contribution in [2.75, 3.05) is 0 Å². The molecule has 0 aliphatic heterocycles. The van der Waals surface area contributed by atoms with Crippen LogP contribution in [-0.4, -0.2) is 19.5 Å². The summed E-state index contributed by atoms with van der Waals surface area (Å²) in [5.41, 5.74) is 3.61. The molecule has 5 nitrogen and oxygen atoms in total. The average molecular weight is 394 g/mol. The molecular formula is C22H24ClN5. The van der Waals surface area contributed by atoms with Gasteiger partial charge in [-0.05, 0) is 37.7 Å². The van der Waals surface area contributed by atoms with Crippen LogP contribution in [0.1, 0.15) is 57.7 Å². The summed E-state index contributed by atoms with van der Waals surface area (Å²) in [5, 5.41) is 9.96. The molecule has 0 N–H and O–H groups in total. The molecule has 3 aromatic heterocycles. The Labute approximate surface area is 170 Å². The lowest BCUT2D eigenvalue weighted by atomic mass is 9.92. The van der Waals surface area contributed by atoms with E-state index in [1.165, 1.54) is 32.1 Å². The second kappa shape index (κ2) is 7.89. The Kier molecular flexibility index (Phi) is 5.32. The minimum absolute atomic E-state index is 0.316. The number of nitrogens with zero attached hydrogens (tertiary/aromatic N) is 5. The molecule has 1 saturated carbocycles. The van der Waals surface area contributed by atoms with Crippen LogP contribution in [0.15, 0.2) is 30.9 Å². The molecule has 0 amide bonds. The van der Waals surface area contributed by atoms with Gasteiger partial charge in [0.2, 0.25) is 0 Å². The first-order valence-electron chi connectivity index (χ1n) is 9.95. The molecule has 4 rings (SSSR count). The van der Waals surface area contributed by atoms with Gasteiger partial charge in [0.15, 0.2) is 0 Å². The van der Waals surface area contributed by atoms with Crippen LogP contribution in [0.3, 0.4) is 0 Å². The predicted octanol–water partition coefficient (Wildman–Crippen LogP) is 5.80. The summed E-state index contributed by atoms with van der Waals surface area (Å²) in [7, 11) is 0. The van der Waals surface area contributed by atoms with E-state index in [-0.39, 0.29) is 0 Å². The maximum Gasteiger partial charge on any atom is 0.143 e. The minimum atomic E-state index is 0.316. The van der Waals surface area contributed by atoms with Crippen LogP contribution >= 0.6 is 11.6 Å². The first kappa shape index (κ1) is 18.9. The van der Waals surface area contributed by atoms with Gasteiger partial charge in [-0.1, -0.05) is 37.8 Å². The number of halogens is 1. The van der Waals surface area contributed by atoms with E-state index >= 15 is 0 Å². The summed E-state index contributed by atoms with van der Waals surface area (Å²) >= 11 is 6.17. The van der Waals surface area contributed by atoms with Crippen molar-refractivity contribution in [1.82, 2.24) is 19.5 Å². The van der Waals surface area contributed by atoms with Crippen molar-refractivity contribution in [2.45, 2.75) is 52.0 Å². The highest BCUT2D eigenvalue weighted by atomic mass is 35.5. The van der Waals surface area contributed by atoms with Crippen molar-refractivity contribution in [3.63, 3.8) is 0 Å². The normalized spacial score (nSPS) is 21.2. The van der Waals surface area contributed by atoms with Crippen molar-refractivity contribution < 1.29 is 0 Å². The summed E-state index contributed by atoms with van der Waals surface area (Å²) in [6.45, 7) is 4.64. The molecule has 0 saturated heterocycles. The topological polar surface area (TPSA) is 67.4 Å². The van der Waals surface area contributed by atoms with Crippen molar-refractivity contribution >= 4 is 22.6 Å². The van der Waals surface area contributed by atoms with Crippen molar-refractivity contribution in [2.24, 2.45) is 11.8 Å². The Morgan fingerprint density at radius 3 is 2.86 bits per heavy atom. The summed E-state index contributed by atoms with van der Waals surface area (Å²) in [5.74, 6) is 1.42. The van der Waals surface area contributed by atoms with Gasteiger partial charge in [0.05, 0.1) is 28.1 Å². The van der Waals surface area contributed by atoms with E-state index in [9.17, 15) is 5.26 Å². The number of pyridine rings is 2. The van der Waals surface area contributed by atoms with E-state index in [2.05, 4.69) is 39.4 Å². The standard InChI is InChI=1S/C22H24ClN5/c1-14-4-3-5-16(7-6-14)15(2)28-13-26-20-9-19(10-24)27-21(22(20)28)17-8-18(23)12-25-11-17/h8-9,11-16H,3-7H2,1-2H3. The fourth-order valence-electron chi connectivity index (χ4n) is 4.39. The lowest BCUT2D eigenvalue weighted by Gasteiger charge is -2.25. The molecule has 0 spiro atoms. The first-order chi connectivity index (χ1) is 13.6. The van der Waals surface area contributed by atoms with Gasteiger partial charge in [-0.25, -0.2) is 9.97 Å². The van der Waals surface area contributed by atoms with E-state index in [4.69, 9.17) is 11.6 Å². The van der Waals surface area contributed by atoms with Crippen LogP contribution in [0.2, 0.25) is 5.02 Å². The molecule has 3 heterocycles. The van der Waals surface area contributed by atoms with Gasteiger partial charge in [-0.2, -0.15) is 5.26 Å². The predicted molar refractivity (Wildman–Crippen MR) is 111 cm³/mol. The average Bonchev–Trinajstić information content (AvgIpc) is 3.01. The number of rotatable bonds is 3. The second-order valence-corrected chi connectivity index (χ2v) is 8.43. The molecular weight excluding hydrogens is 370 g/mol. The fraction of sp³-hybridized carbons (Fsp3) is 0.455. The van der Waals surface area contributed by atoms with Gasteiger partial charge in [-0.15, -0.1) is 0 Å². The van der Waals surface area contributed by atoms with Crippen molar-refractivity contribution in [3.05, 3.63) is 41.6 Å². The Balaban J connectivity index is 1.83. The second-order valence-electron chi connectivity index (χ2n) is 7.99. The zero-order valence-corrected chi connectivity index (χ0v) is 17.0. The SMILES string of the molecule is CC1CCCC(C(C)n2cnc3cc(C#N)nc(-c4cncc(Cl)c4)c32)CC1. The van der Waals surface area contributed by atoms with Crippen LogP contribution < -0.4 is 0 Å². The van der Waals surface area contributed by atoms with E-state index in [1.54, 1.807) is 18.5 Å². The highest BCUT2D eigenvalue weighted by molar-refractivity contribution is 6.30. The number of hydrogen-bond acceptors (Lipinski definition) is 4. The maximum absolute atomic E-state index is 9.41. The zero-order valence-electron chi connectivity index (χ0n) is 16.3. The van der Waals surface area contributed by atoms with Gasteiger partial charge in [0, 0.05) is 30.1 Å². The van der Waals surface area contributed by atoms with Gasteiger partial charge in [-0.3, -0.25) is 4.98 Å². The van der Waals surface area contributed by atoms with E-state index < -0.39 is 0 Å². The van der Waals surface area contributed by atoms with Gasteiger partial charge in [0.25, 0.3) is 0 Å². The summed E-state index contributed by atoms with van der Waals surface area (Å²) < 4.78 is 2.24. The van der Waals surface area contributed by atoms with Gasteiger partial charge >= 0.3 is 0 Å². The molecule has 0 aromatic carbocycles. The van der Waals surface area contributed by atoms with Gasteiger partial charge < -0.3 is 4.57 Å². The number of fused-ring (bicyclic) bond motifs is 1. The summed E-state index contributed by atoms with van der Waals surface area (Å²) in [6, 6.07) is 6.06. The number of imidazole rings is 1. The summed E-state index contributed by atoms with van der Waals surface area (Å²) in [6.07, 6.45) is 11.6. The lowest BCUT2D eigenvalue weighted by molar-refractivity contribution is 0.319. The van der Waals surface area contributed by atoms with Crippen LogP contribution in [0, 0.1) is 23.2 Å². The summed E-state index contributed by atoms with van der Waals surface area (Å²) in [4.78, 5) is 13.4.